The minimum absolute atomic E-state index is 0.231. The van der Waals surface area contributed by atoms with Gasteiger partial charge in [0.15, 0.2) is 0 Å². The highest BCUT2D eigenvalue weighted by Gasteiger charge is 2.15. The summed E-state index contributed by atoms with van der Waals surface area (Å²) < 4.78 is 11.0. The van der Waals surface area contributed by atoms with Gasteiger partial charge in [-0.1, -0.05) is 45.7 Å². The Morgan fingerprint density at radius 1 is 0.776 bits per heavy atom. The number of carbonyl (C=O) groups is 1. The van der Waals surface area contributed by atoms with E-state index >= 15 is 0 Å². The van der Waals surface area contributed by atoms with Gasteiger partial charge in [-0.3, -0.25) is 13.9 Å². The molecule has 248 valence electrons. The topological polar surface area (TPSA) is 116 Å². The zero-order valence-corrected chi connectivity index (χ0v) is 28.8. The molecule has 0 unspecified atom stereocenters. The van der Waals surface area contributed by atoms with Crippen LogP contribution in [-0.2, 0) is 6.54 Å². The molecule has 2 aromatic heterocycles. The fourth-order valence-electron chi connectivity index (χ4n) is 6.24. The number of benzene rings is 4. The van der Waals surface area contributed by atoms with E-state index in [1.165, 1.54) is 11.1 Å². The summed E-state index contributed by atoms with van der Waals surface area (Å²) in [6, 6.07) is 23.0. The maximum atomic E-state index is 12.9. The van der Waals surface area contributed by atoms with Gasteiger partial charge in [-0.15, -0.1) is 10.2 Å². The molecule has 6 aromatic rings. The molecule has 0 aliphatic carbocycles. The molecule has 11 nitrogen and oxygen atoms in total. The van der Waals surface area contributed by atoms with E-state index in [4.69, 9.17) is 4.74 Å². The van der Waals surface area contributed by atoms with Crippen LogP contribution in [0, 0.1) is 41.5 Å². The number of ether oxygens (including phenoxy) is 1. The van der Waals surface area contributed by atoms with Crippen LogP contribution in [0.5, 0.6) is 5.75 Å². The molecule has 0 bridgehead atoms. The maximum absolute atomic E-state index is 12.9. The smallest absolute Gasteiger partial charge is 0.251 e. The number of carbonyl (C=O) groups excluding carboxylic acids is 1. The Kier molecular flexibility index (Phi) is 9.34. The van der Waals surface area contributed by atoms with Gasteiger partial charge in [0.05, 0.1) is 42.6 Å². The molecule has 0 fully saturated rings. The van der Waals surface area contributed by atoms with Crippen LogP contribution in [0.3, 0.4) is 0 Å². The lowest BCUT2D eigenvalue weighted by atomic mass is 10.0. The van der Waals surface area contributed by atoms with Crippen molar-refractivity contribution in [3.8, 4) is 22.8 Å². The van der Waals surface area contributed by atoms with Gasteiger partial charge in [0, 0.05) is 18.0 Å². The molecule has 1 N–H and O–H groups in total. The normalized spacial score (nSPS) is 11.2. The Morgan fingerprint density at radius 3 is 1.86 bits per heavy atom. The van der Waals surface area contributed by atoms with Crippen LogP contribution < -0.4 is 15.7 Å². The summed E-state index contributed by atoms with van der Waals surface area (Å²) in [5.41, 5.74) is 12.2. The molecular weight excluding hydrogens is 614 g/mol. The van der Waals surface area contributed by atoms with Crippen LogP contribution in [-0.4, -0.2) is 37.1 Å². The van der Waals surface area contributed by atoms with Gasteiger partial charge in [-0.05, 0) is 118 Å². The van der Waals surface area contributed by atoms with Gasteiger partial charge in [0.1, 0.15) is 11.4 Å². The van der Waals surface area contributed by atoms with Gasteiger partial charge in [0.2, 0.25) is 5.62 Å². The zero-order chi connectivity index (χ0) is 34.7. The van der Waals surface area contributed by atoms with Gasteiger partial charge < -0.3 is 10.1 Å². The van der Waals surface area contributed by atoms with Crippen LogP contribution >= 0.6 is 0 Å². The number of methoxy groups -OCH3 is 1. The minimum atomic E-state index is -0.237. The Balaban J connectivity index is 1.22. The van der Waals surface area contributed by atoms with Crippen molar-refractivity contribution in [2.45, 2.75) is 48.1 Å². The number of aryl methyl sites for hydroxylation is 6. The van der Waals surface area contributed by atoms with Crippen LogP contribution in [0.4, 0.5) is 5.69 Å². The summed E-state index contributed by atoms with van der Waals surface area (Å²) >= 11 is 0. The number of amides is 1. The Bertz CT molecular complexity index is 2110. The average Bonchev–Trinajstić information content (AvgIpc) is 3.71. The highest BCUT2D eigenvalue weighted by Crippen LogP contribution is 2.23. The highest BCUT2D eigenvalue weighted by atomic mass is 16.5. The molecule has 6 rings (SSSR count). The molecule has 49 heavy (non-hydrogen) atoms. The van der Waals surface area contributed by atoms with E-state index in [0.29, 0.717) is 22.6 Å². The predicted octanol–water partition coefficient (Wildman–Crippen LogP) is 7.24. The van der Waals surface area contributed by atoms with Crippen molar-refractivity contribution in [2.75, 3.05) is 7.11 Å². The first-order valence-corrected chi connectivity index (χ1v) is 16.0. The van der Waals surface area contributed by atoms with E-state index in [0.717, 1.165) is 45.1 Å². The van der Waals surface area contributed by atoms with E-state index in [9.17, 15) is 4.79 Å². The van der Waals surface area contributed by atoms with Crippen molar-refractivity contribution in [3.05, 3.63) is 142 Å². The van der Waals surface area contributed by atoms with Crippen LogP contribution in [0.1, 0.15) is 49.4 Å². The first-order valence-electron chi connectivity index (χ1n) is 16.0. The molecule has 0 atom stereocenters. The van der Waals surface area contributed by atoms with Gasteiger partial charge >= 0.3 is 0 Å². The Hall–Kier alpha value is -6.10. The summed E-state index contributed by atoms with van der Waals surface area (Å²) in [5.74, 6) is 0.520. The van der Waals surface area contributed by atoms with E-state index < -0.39 is 0 Å². The predicted molar refractivity (Wildman–Crippen MR) is 189 cm³/mol. The standard InChI is InChI=1S/C38H39N9O2/c1-24-18-26(3)35(27(4)19-24)45-16-17-46(36-28(5)20-25(2)21-29(36)6)38(45)42-43-40-31-10-8-30(9-11-31)37(48)39-22-32-23-47(44-41-32)33-12-14-34(49-7)15-13-33/h8-21,23H,22H2,1-7H3,(H,39,48). The number of hydrogen-bond acceptors (Lipinski definition) is 6. The number of aromatic nitrogens is 5. The minimum Gasteiger partial charge on any atom is -0.497 e. The second-order valence-corrected chi connectivity index (χ2v) is 12.2. The first-order chi connectivity index (χ1) is 23.6. The van der Waals surface area contributed by atoms with Crippen molar-refractivity contribution in [2.24, 2.45) is 15.4 Å². The first kappa shape index (κ1) is 32.8. The third kappa shape index (κ3) is 7.10. The molecule has 11 heteroatoms. The monoisotopic (exact) mass is 653 g/mol. The lowest BCUT2D eigenvalue weighted by molar-refractivity contribution is 0.0950. The van der Waals surface area contributed by atoms with Gasteiger partial charge in [-0.2, -0.15) is 0 Å². The molecule has 0 aliphatic rings. The summed E-state index contributed by atoms with van der Waals surface area (Å²) in [4.78, 5) is 12.9. The van der Waals surface area contributed by atoms with Crippen LogP contribution in [0.2, 0.25) is 0 Å². The summed E-state index contributed by atoms with van der Waals surface area (Å²) in [7, 11) is 1.62. The zero-order valence-electron chi connectivity index (χ0n) is 28.8. The van der Waals surface area contributed by atoms with Crippen molar-refractivity contribution >= 4 is 11.6 Å². The van der Waals surface area contributed by atoms with Crippen molar-refractivity contribution in [1.29, 1.82) is 0 Å². The fourth-order valence-corrected chi connectivity index (χ4v) is 6.24. The molecule has 0 spiro atoms. The third-order valence-corrected chi connectivity index (χ3v) is 8.28. The van der Waals surface area contributed by atoms with Crippen molar-refractivity contribution < 1.29 is 9.53 Å². The molecule has 0 saturated heterocycles. The molecule has 0 aliphatic heterocycles. The van der Waals surface area contributed by atoms with Crippen molar-refractivity contribution in [1.82, 2.24) is 29.4 Å². The Labute approximate surface area is 285 Å². The SMILES string of the molecule is COc1ccc(-n2cc(CNC(=O)c3ccc(N=NN=c4n(-c5c(C)cc(C)cc5C)ccn4-c4c(C)cc(C)cc4C)cc3)nn2)cc1. The van der Waals surface area contributed by atoms with E-state index in [-0.39, 0.29) is 12.5 Å². The largest absolute Gasteiger partial charge is 0.497 e. The lowest BCUT2D eigenvalue weighted by Gasteiger charge is -2.15. The fraction of sp³-hybridized carbons (Fsp3) is 0.211. The summed E-state index contributed by atoms with van der Waals surface area (Å²) in [6.07, 6.45) is 5.81. The number of hydrogen-bond donors (Lipinski definition) is 1. The maximum Gasteiger partial charge on any atom is 0.251 e. The highest BCUT2D eigenvalue weighted by molar-refractivity contribution is 5.94. The molecule has 0 radical (unpaired) electrons. The molecule has 4 aromatic carbocycles. The quantitative estimate of drug-likeness (QED) is 0.131. The van der Waals surface area contributed by atoms with Crippen LogP contribution in [0.25, 0.3) is 17.1 Å². The second kappa shape index (κ2) is 13.9. The van der Waals surface area contributed by atoms with Crippen LogP contribution in [0.15, 0.2) is 107 Å². The molecule has 0 saturated carbocycles. The molecule has 2 heterocycles. The van der Waals surface area contributed by atoms with Gasteiger partial charge in [-0.25, -0.2) is 4.68 Å². The average molecular weight is 654 g/mol. The van der Waals surface area contributed by atoms with Crippen molar-refractivity contribution in [3.63, 3.8) is 0 Å². The lowest BCUT2D eigenvalue weighted by Crippen LogP contribution is -2.25. The number of rotatable bonds is 9. The summed E-state index contributed by atoms with van der Waals surface area (Å²) in [5, 5.41) is 24.5. The summed E-state index contributed by atoms with van der Waals surface area (Å²) in [6.45, 7) is 12.9. The van der Waals surface area contributed by atoms with E-state index in [1.807, 2.05) is 36.7 Å². The van der Waals surface area contributed by atoms with E-state index in [2.05, 4.69) is 106 Å². The number of imidazole rings is 1. The van der Waals surface area contributed by atoms with Gasteiger partial charge in [0.25, 0.3) is 5.91 Å². The third-order valence-electron chi connectivity index (χ3n) is 8.28. The Morgan fingerprint density at radius 2 is 1.33 bits per heavy atom. The van der Waals surface area contributed by atoms with E-state index in [1.54, 1.807) is 42.3 Å². The molecule has 1 amide bonds. The molecular formula is C38H39N9O2. The number of nitrogens with one attached hydrogen (secondary N) is 1. The second-order valence-electron chi connectivity index (χ2n) is 12.2. The number of nitrogens with zero attached hydrogens (tertiary/aromatic N) is 8.